The Morgan fingerprint density at radius 2 is 1.86 bits per heavy atom. The molecule has 0 fully saturated rings. The molecule has 0 saturated carbocycles. The summed E-state index contributed by atoms with van der Waals surface area (Å²) in [7, 11) is 0. The zero-order valence-corrected chi connectivity index (χ0v) is 15.3. The van der Waals surface area contributed by atoms with Crippen molar-refractivity contribution in [2.45, 2.75) is 13.3 Å². The van der Waals surface area contributed by atoms with Crippen molar-refractivity contribution in [3.05, 3.63) is 77.5 Å². The third kappa shape index (κ3) is 4.43. The number of esters is 1. The Bertz CT molecular complexity index is 1020. The number of amides is 1. The molecule has 0 saturated heterocycles. The van der Waals surface area contributed by atoms with Crippen molar-refractivity contribution in [2.75, 3.05) is 11.9 Å². The number of rotatable bonds is 6. The zero-order chi connectivity index (χ0) is 19.9. The maximum atomic E-state index is 12.3. The number of hydrogen-bond donors (Lipinski definition) is 1. The highest BCUT2D eigenvalue weighted by atomic mass is 16.5. The SMILES string of the molecule is CCOC(=O)c1ccc(-n2cc(C#N)c(NC(=O)Cc3ccccc3)n2)cc1. The van der Waals surface area contributed by atoms with E-state index in [1.807, 2.05) is 36.4 Å². The summed E-state index contributed by atoms with van der Waals surface area (Å²) in [6, 6.07) is 18.0. The largest absolute Gasteiger partial charge is 0.462 e. The number of ether oxygens (including phenoxy) is 1. The molecule has 7 nitrogen and oxygen atoms in total. The van der Waals surface area contributed by atoms with Crippen molar-refractivity contribution < 1.29 is 14.3 Å². The predicted octanol–water partition coefficient (Wildman–Crippen LogP) is 3.10. The van der Waals surface area contributed by atoms with E-state index in [-0.39, 0.29) is 23.7 Å². The monoisotopic (exact) mass is 374 g/mol. The van der Waals surface area contributed by atoms with Crippen molar-refractivity contribution in [3.8, 4) is 11.8 Å². The van der Waals surface area contributed by atoms with Crippen LogP contribution in [0.5, 0.6) is 0 Å². The van der Waals surface area contributed by atoms with Crippen LogP contribution in [-0.4, -0.2) is 28.3 Å². The lowest BCUT2D eigenvalue weighted by Gasteiger charge is -2.05. The van der Waals surface area contributed by atoms with E-state index in [4.69, 9.17) is 4.74 Å². The van der Waals surface area contributed by atoms with Gasteiger partial charge in [0.15, 0.2) is 5.82 Å². The van der Waals surface area contributed by atoms with Crippen LogP contribution < -0.4 is 5.32 Å². The summed E-state index contributed by atoms with van der Waals surface area (Å²) in [6.07, 6.45) is 1.71. The van der Waals surface area contributed by atoms with Gasteiger partial charge in [-0.3, -0.25) is 4.79 Å². The summed E-state index contributed by atoms with van der Waals surface area (Å²) >= 11 is 0. The van der Waals surface area contributed by atoms with Crippen molar-refractivity contribution in [2.24, 2.45) is 0 Å². The molecule has 2 aromatic carbocycles. The fourth-order valence-corrected chi connectivity index (χ4v) is 2.60. The van der Waals surface area contributed by atoms with E-state index in [1.54, 1.807) is 31.2 Å². The van der Waals surface area contributed by atoms with Gasteiger partial charge in [0.05, 0.1) is 30.5 Å². The molecule has 0 aliphatic heterocycles. The highest BCUT2D eigenvalue weighted by molar-refractivity contribution is 5.92. The maximum absolute atomic E-state index is 12.3. The van der Waals surface area contributed by atoms with Crippen LogP contribution in [0, 0.1) is 11.3 Å². The second-order valence-corrected chi connectivity index (χ2v) is 5.93. The summed E-state index contributed by atoms with van der Waals surface area (Å²) in [4.78, 5) is 24.0. The average molecular weight is 374 g/mol. The van der Waals surface area contributed by atoms with Gasteiger partial charge in [0.25, 0.3) is 0 Å². The van der Waals surface area contributed by atoms with E-state index in [0.717, 1.165) is 5.56 Å². The number of aromatic nitrogens is 2. The molecule has 0 spiro atoms. The number of nitriles is 1. The quantitative estimate of drug-likeness (QED) is 0.669. The third-order valence-corrected chi connectivity index (χ3v) is 3.94. The number of nitrogens with zero attached hydrogens (tertiary/aromatic N) is 3. The Kier molecular flexibility index (Phi) is 5.82. The second kappa shape index (κ2) is 8.64. The van der Waals surface area contributed by atoms with Crippen LogP contribution in [0.4, 0.5) is 5.82 Å². The molecule has 0 bridgehead atoms. The molecule has 140 valence electrons. The topological polar surface area (TPSA) is 97.0 Å². The van der Waals surface area contributed by atoms with Crippen molar-refractivity contribution in [1.29, 1.82) is 5.26 Å². The number of nitrogens with one attached hydrogen (secondary N) is 1. The summed E-state index contributed by atoms with van der Waals surface area (Å²) in [6.45, 7) is 2.05. The van der Waals surface area contributed by atoms with Gasteiger partial charge in [-0.25, -0.2) is 9.48 Å². The van der Waals surface area contributed by atoms with Crippen LogP contribution in [0.15, 0.2) is 60.8 Å². The summed E-state index contributed by atoms with van der Waals surface area (Å²) in [5.41, 5.74) is 2.19. The van der Waals surface area contributed by atoms with E-state index in [9.17, 15) is 14.9 Å². The van der Waals surface area contributed by atoms with Crippen molar-refractivity contribution in [3.63, 3.8) is 0 Å². The number of carbonyl (C=O) groups is 2. The average Bonchev–Trinajstić information content (AvgIpc) is 3.11. The van der Waals surface area contributed by atoms with Crippen molar-refractivity contribution in [1.82, 2.24) is 9.78 Å². The Hall–Kier alpha value is -3.92. The fraction of sp³-hybridized carbons (Fsp3) is 0.143. The van der Waals surface area contributed by atoms with Gasteiger partial charge < -0.3 is 10.1 Å². The van der Waals surface area contributed by atoms with Gasteiger partial charge in [-0.2, -0.15) is 5.26 Å². The second-order valence-electron chi connectivity index (χ2n) is 5.93. The predicted molar refractivity (Wildman–Crippen MR) is 103 cm³/mol. The summed E-state index contributed by atoms with van der Waals surface area (Å²) in [5, 5.41) is 16.3. The first-order valence-corrected chi connectivity index (χ1v) is 8.72. The lowest BCUT2D eigenvalue weighted by atomic mass is 10.1. The minimum absolute atomic E-state index is 0.187. The molecule has 0 atom stereocenters. The van der Waals surface area contributed by atoms with Crippen molar-refractivity contribution >= 4 is 17.7 Å². The van der Waals surface area contributed by atoms with Gasteiger partial charge in [-0.15, -0.1) is 5.10 Å². The fourth-order valence-electron chi connectivity index (χ4n) is 2.60. The highest BCUT2D eigenvalue weighted by Crippen LogP contribution is 2.17. The first-order chi connectivity index (χ1) is 13.6. The molecule has 1 aromatic heterocycles. The summed E-state index contributed by atoms with van der Waals surface area (Å²) in [5.74, 6) is -0.468. The van der Waals surface area contributed by atoms with E-state index in [0.29, 0.717) is 17.9 Å². The van der Waals surface area contributed by atoms with Crippen LogP contribution >= 0.6 is 0 Å². The van der Waals surface area contributed by atoms with Crippen LogP contribution in [0.25, 0.3) is 5.69 Å². The third-order valence-electron chi connectivity index (χ3n) is 3.94. The number of anilines is 1. The van der Waals surface area contributed by atoms with E-state index >= 15 is 0 Å². The smallest absolute Gasteiger partial charge is 0.338 e. The molecule has 1 heterocycles. The Morgan fingerprint density at radius 1 is 1.14 bits per heavy atom. The standard InChI is InChI=1S/C21H18N4O3/c1-2-28-21(27)16-8-10-18(11-9-16)25-14-17(13-22)20(24-25)23-19(26)12-15-6-4-3-5-7-15/h3-11,14H,2,12H2,1H3,(H,23,24,26). The molecule has 3 aromatic rings. The molecule has 0 unspecified atom stereocenters. The van der Waals surface area contributed by atoms with Crippen LogP contribution in [0.2, 0.25) is 0 Å². The normalized spacial score (nSPS) is 10.1. The highest BCUT2D eigenvalue weighted by Gasteiger charge is 2.14. The molecule has 0 aliphatic carbocycles. The molecule has 3 rings (SSSR count). The summed E-state index contributed by atoms with van der Waals surface area (Å²) < 4.78 is 6.43. The van der Waals surface area contributed by atoms with Gasteiger partial charge in [-0.05, 0) is 36.8 Å². The molecule has 0 radical (unpaired) electrons. The molecular formula is C21H18N4O3. The first kappa shape index (κ1) is 18.9. The van der Waals surface area contributed by atoms with Gasteiger partial charge in [-0.1, -0.05) is 30.3 Å². The number of hydrogen-bond acceptors (Lipinski definition) is 5. The molecule has 1 amide bonds. The molecular weight excluding hydrogens is 356 g/mol. The lowest BCUT2D eigenvalue weighted by molar-refractivity contribution is -0.115. The van der Waals surface area contributed by atoms with Crippen LogP contribution in [0.1, 0.15) is 28.4 Å². The minimum Gasteiger partial charge on any atom is -0.462 e. The molecule has 7 heteroatoms. The maximum Gasteiger partial charge on any atom is 0.338 e. The van der Waals surface area contributed by atoms with E-state index in [2.05, 4.69) is 10.4 Å². The Labute approximate surface area is 162 Å². The molecule has 1 N–H and O–H groups in total. The van der Waals surface area contributed by atoms with Gasteiger partial charge in [0.2, 0.25) is 5.91 Å². The Morgan fingerprint density at radius 3 is 2.50 bits per heavy atom. The minimum atomic E-state index is -0.402. The van der Waals surface area contributed by atoms with E-state index in [1.165, 1.54) is 10.9 Å². The zero-order valence-electron chi connectivity index (χ0n) is 15.3. The van der Waals surface area contributed by atoms with Crippen LogP contribution in [0.3, 0.4) is 0 Å². The lowest BCUT2D eigenvalue weighted by Crippen LogP contribution is -2.15. The number of benzene rings is 2. The van der Waals surface area contributed by atoms with Crippen LogP contribution in [-0.2, 0) is 16.0 Å². The van der Waals surface area contributed by atoms with Gasteiger partial charge in [0.1, 0.15) is 11.6 Å². The number of carbonyl (C=O) groups excluding carboxylic acids is 2. The Balaban J connectivity index is 1.76. The first-order valence-electron chi connectivity index (χ1n) is 8.72. The molecule has 28 heavy (non-hydrogen) atoms. The van der Waals surface area contributed by atoms with Gasteiger partial charge in [0, 0.05) is 0 Å². The van der Waals surface area contributed by atoms with E-state index < -0.39 is 5.97 Å². The van der Waals surface area contributed by atoms with Gasteiger partial charge >= 0.3 is 5.97 Å². The molecule has 0 aliphatic rings.